The molecule has 0 bridgehead atoms. The third kappa shape index (κ3) is 5.94. The van der Waals surface area contributed by atoms with Gasteiger partial charge in [-0.1, -0.05) is 13.0 Å². The Hall–Kier alpha value is -0.840. The van der Waals surface area contributed by atoms with Crippen LogP contribution in [0.3, 0.4) is 0 Å². The van der Waals surface area contributed by atoms with E-state index in [2.05, 4.69) is 60.1 Å². The first kappa shape index (κ1) is 20.2. The van der Waals surface area contributed by atoms with Gasteiger partial charge >= 0.3 is 0 Å². The van der Waals surface area contributed by atoms with Crippen LogP contribution in [0.15, 0.2) is 18.3 Å². The molecule has 0 aliphatic carbocycles. The van der Waals surface area contributed by atoms with Gasteiger partial charge in [0.15, 0.2) is 0 Å². The summed E-state index contributed by atoms with van der Waals surface area (Å²) in [7, 11) is 2.10. The smallest absolute Gasteiger partial charge is 0.128 e. The molecule has 4 nitrogen and oxygen atoms in total. The summed E-state index contributed by atoms with van der Waals surface area (Å²) in [6, 6.07) is 5.57. The maximum absolute atomic E-state index is 4.64. The van der Waals surface area contributed by atoms with Gasteiger partial charge in [0.2, 0.25) is 0 Å². The monoisotopic (exact) mass is 340 g/mol. The van der Waals surface area contributed by atoms with E-state index in [1.54, 1.807) is 0 Å². The van der Waals surface area contributed by atoms with Crippen molar-refractivity contribution in [1.82, 2.24) is 15.2 Å². The molecule has 0 saturated carbocycles. The molecule has 0 radical (unpaired) electrons. The van der Waals surface area contributed by atoms with Crippen molar-refractivity contribution in [3.8, 4) is 0 Å². The minimum absolute atomic E-state index is 0. The Morgan fingerprint density at radius 2 is 2.04 bits per heavy atom. The van der Waals surface area contributed by atoms with E-state index < -0.39 is 0 Å². The third-order valence-corrected chi connectivity index (χ3v) is 4.80. The molecule has 0 aromatic carbocycles. The number of hydrogen-bond acceptors (Lipinski definition) is 4. The van der Waals surface area contributed by atoms with Crippen molar-refractivity contribution in [2.45, 2.75) is 58.7 Å². The summed E-state index contributed by atoms with van der Waals surface area (Å²) in [4.78, 5) is 9.45. The van der Waals surface area contributed by atoms with Crippen molar-refractivity contribution >= 4 is 18.2 Å². The summed E-state index contributed by atoms with van der Waals surface area (Å²) in [6.07, 6.45) is 5.90. The highest BCUT2D eigenvalue weighted by Crippen LogP contribution is 2.18. The molecule has 1 aromatic rings. The zero-order valence-corrected chi connectivity index (χ0v) is 15.9. The first-order chi connectivity index (χ1) is 10.6. The molecule has 1 aliphatic heterocycles. The van der Waals surface area contributed by atoms with E-state index in [0.717, 1.165) is 25.5 Å². The maximum atomic E-state index is 4.64. The van der Waals surface area contributed by atoms with E-state index in [0.29, 0.717) is 12.1 Å². The predicted octanol–water partition coefficient (Wildman–Crippen LogP) is 3.31. The van der Waals surface area contributed by atoms with Crippen LogP contribution in [-0.2, 0) is 6.54 Å². The minimum Gasteiger partial charge on any atom is -0.357 e. The third-order valence-electron chi connectivity index (χ3n) is 4.80. The average molecular weight is 341 g/mol. The van der Waals surface area contributed by atoms with Gasteiger partial charge in [-0.05, 0) is 64.4 Å². The molecule has 0 spiro atoms. The molecule has 1 saturated heterocycles. The Morgan fingerprint density at radius 3 is 2.65 bits per heavy atom. The summed E-state index contributed by atoms with van der Waals surface area (Å²) in [6.45, 7) is 11.1. The van der Waals surface area contributed by atoms with Gasteiger partial charge in [0.05, 0.1) is 0 Å². The topological polar surface area (TPSA) is 31.4 Å². The molecule has 1 aromatic heterocycles. The van der Waals surface area contributed by atoms with Crippen molar-refractivity contribution in [2.24, 2.45) is 0 Å². The van der Waals surface area contributed by atoms with E-state index in [1.165, 1.54) is 31.4 Å². The quantitative estimate of drug-likeness (QED) is 0.860. The summed E-state index contributed by atoms with van der Waals surface area (Å²) < 4.78 is 0. The van der Waals surface area contributed by atoms with Crippen LogP contribution in [-0.4, -0.2) is 48.6 Å². The van der Waals surface area contributed by atoms with Gasteiger partial charge in [-0.25, -0.2) is 4.98 Å². The highest BCUT2D eigenvalue weighted by Gasteiger charge is 2.19. The van der Waals surface area contributed by atoms with E-state index in [4.69, 9.17) is 0 Å². The summed E-state index contributed by atoms with van der Waals surface area (Å²) in [5.41, 5.74) is 1.32. The van der Waals surface area contributed by atoms with Crippen LogP contribution < -0.4 is 10.2 Å². The van der Waals surface area contributed by atoms with Crippen LogP contribution in [0.25, 0.3) is 0 Å². The van der Waals surface area contributed by atoms with E-state index in [9.17, 15) is 0 Å². The lowest BCUT2D eigenvalue weighted by Crippen LogP contribution is -2.35. The zero-order chi connectivity index (χ0) is 15.9. The van der Waals surface area contributed by atoms with Crippen LogP contribution in [0, 0.1) is 0 Å². The standard InChI is InChI=1S/C18H32N4.ClH/c1-5-22(17-7-6-11-19-12-10-17)14-16-8-9-18(20-13-16)21(4)15(2)3;/h8-9,13,15,17,19H,5-7,10-12,14H2,1-4H3;1H. The lowest BCUT2D eigenvalue weighted by Gasteiger charge is -2.30. The fourth-order valence-corrected chi connectivity index (χ4v) is 3.08. The number of nitrogens with one attached hydrogen (secondary N) is 1. The van der Waals surface area contributed by atoms with Crippen molar-refractivity contribution in [1.29, 1.82) is 0 Å². The number of anilines is 1. The molecular weight excluding hydrogens is 308 g/mol. The molecule has 0 amide bonds. The Kier molecular flexibility index (Phi) is 8.88. The molecule has 2 rings (SSSR count). The molecular formula is C18H33ClN4. The predicted molar refractivity (Wildman–Crippen MR) is 102 cm³/mol. The Morgan fingerprint density at radius 1 is 1.26 bits per heavy atom. The number of hydrogen-bond donors (Lipinski definition) is 1. The van der Waals surface area contributed by atoms with E-state index >= 15 is 0 Å². The SMILES string of the molecule is CCN(Cc1ccc(N(C)C(C)C)nc1)C1CCCNCC1.Cl. The fourth-order valence-electron chi connectivity index (χ4n) is 3.08. The Balaban J connectivity index is 0.00000264. The fraction of sp³-hybridized carbons (Fsp3) is 0.722. The zero-order valence-electron chi connectivity index (χ0n) is 15.1. The summed E-state index contributed by atoms with van der Waals surface area (Å²) in [5, 5.41) is 3.51. The molecule has 5 heteroatoms. The minimum atomic E-state index is 0. The van der Waals surface area contributed by atoms with Crippen LogP contribution in [0.5, 0.6) is 0 Å². The maximum Gasteiger partial charge on any atom is 0.128 e. The number of aromatic nitrogens is 1. The van der Waals surface area contributed by atoms with Gasteiger partial charge in [-0.3, -0.25) is 4.90 Å². The molecule has 2 heterocycles. The lowest BCUT2D eigenvalue weighted by atomic mass is 10.1. The second-order valence-electron chi connectivity index (χ2n) is 6.63. The molecule has 23 heavy (non-hydrogen) atoms. The molecule has 132 valence electrons. The largest absolute Gasteiger partial charge is 0.357 e. The highest BCUT2D eigenvalue weighted by molar-refractivity contribution is 5.85. The molecule has 1 aliphatic rings. The highest BCUT2D eigenvalue weighted by atomic mass is 35.5. The van der Waals surface area contributed by atoms with Crippen LogP contribution >= 0.6 is 12.4 Å². The van der Waals surface area contributed by atoms with E-state index in [-0.39, 0.29) is 12.4 Å². The molecule has 1 atom stereocenters. The van der Waals surface area contributed by atoms with Gasteiger partial charge in [-0.2, -0.15) is 0 Å². The average Bonchev–Trinajstić information content (AvgIpc) is 2.81. The first-order valence-corrected chi connectivity index (χ1v) is 8.74. The number of halogens is 1. The van der Waals surface area contributed by atoms with Crippen molar-refractivity contribution < 1.29 is 0 Å². The van der Waals surface area contributed by atoms with Crippen LogP contribution in [0.1, 0.15) is 45.6 Å². The van der Waals surface area contributed by atoms with Gasteiger partial charge in [0, 0.05) is 31.9 Å². The van der Waals surface area contributed by atoms with Gasteiger partial charge in [0.25, 0.3) is 0 Å². The van der Waals surface area contributed by atoms with E-state index in [1.807, 2.05) is 6.20 Å². The Labute approximate surface area is 148 Å². The Bertz CT molecular complexity index is 427. The second-order valence-corrected chi connectivity index (χ2v) is 6.63. The van der Waals surface area contributed by atoms with Crippen molar-refractivity contribution in [3.05, 3.63) is 23.9 Å². The molecule has 1 N–H and O–H groups in total. The molecule has 1 fully saturated rings. The normalized spacial score (nSPS) is 18.6. The van der Waals surface area contributed by atoms with Gasteiger partial charge < -0.3 is 10.2 Å². The first-order valence-electron chi connectivity index (χ1n) is 8.74. The van der Waals surface area contributed by atoms with Crippen molar-refractivity contribution in [3.63, 3.8) is 0 Å². The van der Waals surface area contributed by atoms with Gasteiger partial charge in [-0.15, -0.1) is 12.4 Å². The lowest BCUT2D eigenvalue weighted by molar-refractivity contribution is 0.182. The number of nitrogens with zero attached hydrogens (tertiary/aromatic N) is 3. The summed E-state index contributed by atoms with van der Waals surface area (Å²) in [5.74, 6) is 1.06. The second kappa shape index (κ2) is 10.1. The van der Waals surface area contributed by atoms with Crippen LogP contribution in [0.2, 0.25) is 0 Å². The summed E-state index contributed by atoms with van der Waals surface area (Å²) >= 11 is 0. The van der Waals surface area contributed by atoms with Crippen LogP contribution in [0.4, 0.5) is 5.82 Å². The number of rotatable bonds is 6. The number of pyridine rings is 1. The molecule has 1 unspecified atom stereocenters. The van der Waals surface area contributed by atoms with Gasteiger partial charge in [0.1, 0.15) is 5.82 Å². The van der Waals surface area contributed by atoms with Crippen molar-refractivity contribution in [2.75, 3.05) is 31.6 Å².